The van der Waals surface area contributed by atoms with Gasteiger partial charge >= 0.3 is 0 Å². The van der Waals surface area contributed by atoms with Gasteiger partial charge in [0.15, 0.2) is 0 Å². The minimum atomic E-state index is 1.11. The van der Waals surface area contributed by atoms with Gasteiger partial charge in [-0.25, -0.2) is 0 Å². The Kier molecular flexibility index (Phi) is 2.47. The molecular formula is C20H18. The third-order valence-electron chi connectivity index (χ3n) is 4.67. The molecule has 2 aromatic carbocycles. The molecule has 2 aliphatic rings. The lowest BCUT2D eigenvalue weighted by Gasteiger charge is -2.06. The topological polar surface area (TPSA) is 0 Å². The Hall–Kier alpha value is -2.08. The Morgan fingerprint density at radius 2 is 0.900 bits per heavy atom. The van der Waals surface area contributed by atoms with E-state index in [0.29, 0.717) is 0 Å². The Labute approximate surface area is 119 Å². The average Bonchev–Trinajstić information content (AvgIpc) is 2.99. The zero-order chi connectivity index (χ0) is 13.7. The molecule has 0 atom stereocenters. The number of hydrogen-bond acceptors (Lipinski definition) is 0. The fourth-order valence-electron chi connectivity index (χ4n) is 3.69. The van der Waals surface area contributed by atoms with Gasteiger partial charge in [-0.3, -0.25) is 0 Å². The van der Waals surface area contributed by atoms with Crippen molar-refractivity contribution in [3.63, 3.8) is 0 Å². The lowest BCUT2D eigenvalue weighted by atomic mass is 9.98. The van der Waals surface area contributed by atoms with E-state index in [-0.39, 0.29) is 0 Å². The van der Waals surface area contributed by atoms with Crippen LogP contribution in [0.15, 0.2) is 48.5 Å². The fraction of sp³-hybridized carbons (Fsp3) is 0.200. The van der Waals surface area contributed by atoms with Crippen LogP contribution in [0.1, 0.15) is 26.7 Å². The zero-order valence-corrected chi connectivity index (χ0v) is 12.0. The third-order valence-corrected chi connectivity index (χ3v) is 4.67. The first-order valence-corrected chi connectivity index (χ1v) is 7.32. The number of benzene rings is 2. The highest BCUT2D eigenvalue weighted by Crippen LogP contribution is 2.28. The van der Waals surface area contributed by atoms with E-state index in [9.17, 15) is 0 Å². The SMILES string of the molecule is CC1=c2ccccc2=C(C2=c3ccccc3=C(C)C2)C1. The summed E-state index contributed by atoms with van der Waals surface area (Å²) in [6, 6.07) is 17.7. The molecule has 98 valence electrons. The van der Waals surface area contributed by atoms with E-state index in [4.69, 9.17) is 0 Å². The molecule has 0 amide bonds. The maximum atomic E-state index is 2.28. The Morgan fingerprint density at radius 1 is 0.550 bits per heavy atom. The predicted octanol–water partition coefficient (Wildman–Crippen LogP) is 1.84. The normalized spacial score (nSPS) is 16.7. The quantitative estimate of drug-likeness (QED) is 0.732. The van der Waals surface area contributed by atoms with E-state index < -0.39 is 0 Å². The molecule has 0 saturated heterocycles. The second-order valence-electron chi connectivity index (χ2n) is 5.96. The van der Waals surface area contributed by atoms with Crippen LogP contribution in [0.4, 0.5) is 0 Å². The molecule has 4 rings (SSSR count). The van der Waals surface area contributed by atoms with Crippen molar-refractivity contribution in [2.45, 2.75) is 26.7 Å². The van der Waals surface area contributed by atoms with Gasteiger partial charge in [0.25, 0.3) is 0 Å². The third kappa shape index (κ3) is 1.54. The van der Waals surface area contributed by atoms with Crippen LogP contribution in [0, 0.1) is 0 Å². The Bertz CT molecular complexity index is 874. The first kappa shape index (κ1) is 11.7. The molecule has 0 aromatic heterocycles. The molecule has 0 heterocycles. The summed E-state index contributed by atoms with van der Waals surface area (Å²) in [5.74, 6) is 0. The van der Waals surface area contributed by atoms with Crippen LogP contribution in [-0.2, 0) is 0 Å². The van der Waals surface area contributed by atoms with Crippen molar-refractivity contribution in [1.82, 2.24) is 0 Å². The van der Waals surface area contributed by atoms with Crippen LogP contribution in [0.3, 0.4) is 0 Å². The van der Waals surface area contributed by atoms with Crippen LogP contribution < -0.4 is 20.9 Å². The molecular weight excluding hydrogens is 240 g/mol. The highest BCUT2D eigenvalue weighted by molar-refractivity contribution is 5.97. The van der Waals surface area contributed by atoms with Gasteiger partial charge < -0.3 is 0 Å². The van der Waals surface area contributed by atoms with E-state index in [1.54, 1.807) is 11.1 Å². The minimum absolute atomic E-state index is 1.11. The van der Waals surface area contributed by atoms with E-state index in [1.807, 2.05) is 0 Å². The first-order valence-electron chi connectivity index (χ1n) is 7.32. The van der Waals surface area contributed by atoms with Crippen LogP contribution in [0.2, 0.25) is 0 Å². The molecule has 0 fully saturated rings. The minimum Gasteiger partial charge on any atom is -0.0616 e. The number of rotatable bonds is 1. The van der Waals surface area contributed by atoms with Crippen LogP contribution >= 0.6 is 0 Å². The van der Waals surface area contributed by atoms with Crippen LogP contribution in [0.5, 0.6) is 0 Å². The highest BCUT2D eigenvalue weighted by Gasteiger charge is 2.18. The lowest BCUT2D eigenvalue weighted by Crippen LogP contribution is -2.26. The van der Waals surface area contributed by atoms with Gasteiger partial charge in [0, 0.05) is 0 Å². The Morgan fingerprint density at radius 3 is 1.30 bits per heavy atom. The van der Waals surface area contributed by atoms with Crippen molar-refractivity contribution in [3.05, 3.63) is 69.4 Å². The van der Waals surface area contributed by atoms with Crippen LogP contribution in [-0.4, -0.2) is 0 Å². The molecule has 0 spiro atoms. The molecule has 0 unspecified atom stereocenters. The van der Waals surface area contributed by atoms with Gasteiger partial charge in [-0.1, -0.05) is 59.7 Å². The lowest BCUT2D eigenvalue weighted by molar-refractivity contribution is 1.37. The van der Waals surface area contributed by atoms with Crippen LogP contribution in [0.25, 0.3) is 22.3 Å². The molecule has 0 bridgehead atoms. The second kappa shape index (κ2) is 4.21. The molecule has 0 aliphatic heterocycles. The van der Waals surface area contributed by atoms with Crippen molar-refractivity contribution >= 4 is 22.3 Å². The van der Waals surface area contributed by atoms with Gasteiger partial charge in [-0.05, 0) is 58.7 Å². The van der Waals surface area contributed by atoms with Crippen molar-refractivity contribution < 1.29 is 0 Å². The van der Waals surface area contributed by atoms with E-state index in [0.717, 1.165) is 12.8 Å². The summed E-state index contributed by atoms with van der Waals surface area (Å²) in [6.07, 6.45) is 2.21. The molecule has 0 radical (unpaired) electrons. The highest BCUT2D eigenvalue weighted by atomic mass is 14.2. The molecule has 2 aromatic rings. The summed E-state index contributed by atoms with van der Waals surface area (Å²) in [4.78, 5) is 0. The summed E-state index contributed by atoms with van der Waals surface area (Å²) in [7, 11) is 0. The van der Waals surface area contributed by atoms with Gasteiger partial charge in [0.05, 0.1) is 0 Å². The van der Waals surface area contributed by atoms with E-state index in [2.05, 4.69) is 62.4 Å². The molecule has 20 heavy (non-hydrogen) atoms. The molecule has 0 saturated carbocycles. The average molecular weight is 258 g/mol. The smallest absolute Gasteiger partial charge is 0.00514 e. The maximum absolute atomic E-state index is 2.28. The van der Waals surface area contributed by atoms with E-state index in [1.165, 1.54) is 32.0 Å². The Balaban J connectivity index is 2.13. The summed E-state index contributed by atoms with van der Waals surface area (Å²) in [6.45, 7) is 4.54. The summed E-state index contributed by atoms with van der Waals surface area (Å²) < 4.78 is 0. The maximum Gasteiger partial charge on any atom is -0.00514 e. The largest absolute Gasteiger partial charge is 0.0616 e. The van der Waals surface area contributed by atoms with Gasteiger partial charge in [-0.2, -0.15) is 0 Å². The monoisotopic (exact) mass is 258 g/mol. The predicted molar refractivity (Wildman–Crippen MR) is 85.6 cm³/mol. The summed E-state index contributed by atoms with van der Waals surface area (Å²) in [5.41, 5.74) is 6.10. The van der Waals surface area contributed by atoms with Gasteiger partial charge in [0.1, 0.15) is 0 Å². The number of fused-ring (bicyclic) bond motifs is 2. The zero-order valence-electron chi connectivity index (χ0n) is 12.0. The van der Waals surface area contributed by atoms with Gasteiger partial charge in [-0.15, -0.1) is 0 Å². The molecule has 0 heteroatoms. The van der Waals surface area contributed by atoms with Crippen molar-refractivity contribution in [2.75, 3.05) is 0 Å². The van der Waals surface area contributed by atoms with Crippen molar-refractivity contribution in [2.24, 2.45) is 0 Å². The first-order chi connectivity index (χ1) is 9.75. The molecule has 0 N–H and O–H groups in total. The molecule has 0 nitrogen and oxygen atoms in total. The summed E-state index contributed by atoms with van der Waals surface area (Å²) in [5, 5.41) is 5.78. The summed E-state index contributed by atoms with van der Waals surface area (Å²) >= 11 is 0. The number of hydrogen-bond donors (Lipinski definition) is 0. The van der Waals surface area contributed by atoms with E-state index >= 15 is 0 Å². The molecule has 2 aliphatic carbocycles. The van der Waals surface area contributed by atoms with Crippen molar-refractivity contribution in [3.8, 4) is 0 Å². The van der Waals surface area contributed by atoms with Gasteiger partial charge in [0.2, 0.25) is 0 Å². The second-order valence-corrected chi connectivity index (χ2v) is 5.96. The standard InChI is InChI=1S/C20H18/c1-13-11-19(17-9-5-3-7-15(13)17)20-12-14(2)16-8-4-6-10-18(16)20/h3-10H,11-12H2,1-2H3. The fourth-order valence-corrected chi connectivity index (χ4v) is 3.69. The van der Waals surface area contributed by atoms with Crippen molar-refractivity contribution in [1.29, 1.82) is 0 Å².